The number of anilines is 2. The zero-order chi connectivity index (χ0) is 29.7. The molecular weight excluding hydrogens is 558 g/mol. The Labute approximate surface area is 240 Å². The summed E-state index contributed by atoms with van der Waals surface area (Å²) in [6, 6.07) is 9.41. The van der Waals surface area contributed by atoms with Gasteiger partial charge in [-0.1, -0.05) is 44.5 Å². The molecule has 1 aliphatic heterocycles. The van der Waals surface area contributed by atoms with Crippen molar-refractivity contribution in [1.29, 1.82) is 5.26 Å². The second kappa shape index (κ2) is 10.3. The lowest BCUT2D eigenvalue weighted by Crippen LogP contribution is -2.52. The first kappa shape index (κ1) is 28.8. The summed E-state index contributed by atoms with van der Waals surface area (Å²) >= 11 is 6.66. The van der Waals surface area contributed by atoms with Crippen molar-refractivity contribution in [3.63, 3.8) is 0 Å². The van der Waals surface area contributed by atoms with Crippen molar-refractivity contribution < 1.29 is 17.6 Å². The summed E-state index contributed by atoms with van der Waals surface area (Å²) in [6.45, 7) is 8.37. The smallest absolute Gasteiger partial charge is 0.383 e. The Morgan fingerprint density at radius 1 is 1.22 bits per heavy atom. The molecule has 1 fully saturated rings. The van der Waals surface area contributed by atoms with E-state index in [1.165, 1.54) is 18.5 Å². The number of halogens is 5. The van der Waals surface area contributed by atoms with E-state index in [9.17, 15) is 22.8 Å². The molecule has 1 saturated carbocycles. The van der Waals surface area contributed by atoms with E-state index in [4.69, 9.17) is 11.6 Å². The molecule has 0 spiro atoms. The molecule has 216 valence electrons. The zero-order valence-corrected chi connectivity index (χ0v) is 23.7. The van der Waals surface area contributed by atoms with Crippen LogP contribution in [0.15, 0.2) is 48.4 Å². The number of fused-ring (bicyclic) bond motifs is 1. The van der Waals surface area contributed by atoms with E-state index in [1.807, 2.05) is 0 Å². The summed E-state index contributed by atoms with van der Waals surface area (Å²) in [5.41, 5.74) is 6.55. The van der Waals surface area contributed by atoms with Crippen LogP contribution in [0.3, 0.4) is 0 Å². The minimum Gasteiger partial charge on any atom is -0.383 e. The molecule has 2 heterocycles. The summed E-state index contributed by atoms with van der Waals surface area (Å²) < 4.78 is 56.2. The molecule has 1 atom stereocenters. The standard InChI is InChI=1S/C29H30ClF4N7/c1-16-19(6-5-7-22(16)31)26(23-14-41(40-39-23)28(8-9-28)29(32,33)34)38-18-10-20-24(37-15-27(2,3)4)17(12-35)13-36-25(20)21(30)11-18/h5-7,10-11,13-14,26,38-40H,8-9,15H2,1-4H3,(H,36,37)/t26-/m0/s1. The molecule has 0 amide bonds. The number of nitriles is 1. The summed E-state index contributed by atoms with van der Waals surface area (Å²) in [7, 11) is 0. The summed E-state index contributed by atoms with van der Waals surface area (Å²) in [5, 5.41) is 18.4. The number of aromatic nitrogens is 1. The monoisotopic (exact) mass is 587 g/mol. The third-order valence-electron chi connectivity index (χ3n) is 7.38. The SMILES string of the molecule is Cc1c(F)cccc1[C@H](Nc1cc(Cl)c2ncc(C#N)c(NCC(C)(C)C)c2c1)C1=CN(C2(C(F)(F)F)CC2)NN1. The van der Waals surface area contributed by atoms with Crippen molar-refractivity contribution >= 4 is 33.9 Å². The fourth-order valence-corrected chi connectivity index (χ4v) is 5.15. The zero-order valence-electron chi connectivity index (χ0n) is 23.0. The molecule has 1 aliphatic carbocycles. The fourth-order valence-electron chi connectivity index (χ4n) is 4.88. The highest BCUT2D eigenvalue weighted by Gasteiger charge is 2.67. The van der Waals surface area contributed by atoms with Gasteiger partial charge in [-0.3, -0.25) is 9.99 Å². The number of hydrogen-bond acceptors (Lipinski definition) is 7. The first-order chi connectivity index (χ1) is 19.2. The number of nitrogens with zero attached hydrogens (tertiary/aromatic N) is 3. The van der Waals surface area contributed by atoms with Gasteiger partial charge in [0.2, 0.25) is 0 Å². The highest BCUT2D eigenvalue weighted by molar-refractivity contribution is 6.35. The van der Waals surface area contributed by atoms with Crippen LogP contribution in [0.25, 0.3) is 10.9 Å². The van der Waals surface area contributed by atoms with Gasteiger partial charge in [0, 0.05) is 30.0 Å². The van der Waals surface area contributed by atoms with Gasteiger partial charge in [-0.25, -0.2) is 4.39 Å². The van der Waals surface area contributed by atoms with Crippen molar-refractivity contribution in [2.24, 2.45) is 5.41 Å². The summed E-state index contributed by atoms with van der Waals surface area (Å²) in [5.74, 6) is -0.445. The maximum absolute atomic E-state index is 14.7. The average molecular weight is 588 g/mol. The third kappa shape index (κ3) is 5.46. The van der Waals surface area contributed by atoms with Gasteiger partial charge in [0.1, 0.15) is 11.9 Å². The van der Waals surface area contributed by atoms with Crippen LogP contribution in [0.4, 0.5) is 28.9 Å². The molecule has 2 aromatic carbocycles. The molecule has 4 N–H and O–H groups in total. The lowest BCUT2D eigenvalue weighted by atomic mass is 9.96. The van der Waals surface area contributed by atoms with Gasteiger partial charge >= 0.3 is 6.18 Å². The number of benzene rings is 2. The number of rotatable bonds is 7. The Morgan fingerprint density at radius 3 is 2.59 bits per heavy atom. The Hall–Kier alpha value is -3.75. The molecule has 0 bridgehead atoms. The molecule has 2 aliphatic rings. The topological polar surface area (TPSA) is 88.0 Å². The van der Waals surface area contributed by atoms with Gasteiger partial charge in [-0.2, -0.15) is 18.4 Å². The van der Waals surface area contributed by atoms with Crippen molar-refractivity contribution in [3.8, 4) is 6.07 Å². The Bertz CT molecular complexity index is 1570. The van der Waals surface area contributed by atoms with Crippen LogP contribution in [0.1, 0.15) is 56.3 Å². The van der Waals surface area contributed by atoms with E-state index < -0.39 is 23.6 Å². The van der Waals surface area contributed by atoms with E-state index in [1.54, 1.807) is 31.2 Å². The summed E-state index contributed by atoms with van der Waals surface area (Å²) in [4.78, 5) is 4.39. The number of pyridine rings is 1. The van der Waals surface area contributed by atoms with Crippen LogP contribution in [-0.4, -0.2) is 28.3 Å². The van der Waals surface area contributed by atoms with Crippen molar-refractivity contribution in [2.45, 2.75) is 58.3 Å². The molecule has 7 nitrogen and oxygen atoms in total. The first-order valence-electron chi connectivity index (χ1n) is 13.1. The molecule has 0 radical (unpaired) electrons. The average Bonchev–Trinajstić information content (AvgIpc) is 3.58. The van der Waals surface area contributed by atoms with E-state index in [0.717, 1.165) is 5.01 Å². The molecule has 0 unspecified atom stereocenters. The van der Waals surface area contributed by atoms with Crippen molar-refractivity contribution in [2.75, 3.05) is 17.2 Å². The first-order valence-corrected chi connectivity index (χ1v) is 13.5. The highest BCUT2D eigenvalue weighted by atomic mass is 35.5. The molecule has 1 aromatic heterocycles. The predicted molar refractivity (Wildman–Crippen MR) is 151 cm³/mol. The lowest BCUT2D eigenvalue weighted by Gasteiger charge is -2.28. The van der Waals surface area contributed by atoms with Crippen molar-refractivity contribution in [1.82, 2.24) is 21.0 Å². The largest absolute Gasteiger partial charge is 0.413 e. The Morgan fingerprint density at radius 2 is 1.95 bits per heavy atom. The number of nitrogens with one attached hydrogen (secondary N) is 4. The van der Waals surface area contributed by atoms with Gasteiger partial charge in [-0.05, 0) is 54.5 Å². The van der Waals surface area contributed by atoms with Crippen molar-refractivity contribution in [3.05, 3.63) is 76.0 Å². The summed E-state index contributed by atoms with van der Waals surface area (Å²) in [6.07, 6.45) is -1.67. The van der Waals surface area contributed by atoms with Gasteiger partial charge in [0.25, 0.3) is 0 Å². The number of hydrazine groups is 2. The normalized spacial score (nSPS) is 17.1. The molecule has 3 aromatic rings. The minimum atomic E-state index is -4.43. The van der Waals surface area contributed by atoms with E-state index >= 15 is 0 Å². The Balaban J connectivity index is 1.59. The maximum Gasteiger partial charge on any atom is 0.413 e. The van der Waals surface area contributed by atoms with Gasteiger partial charge in [0.05, 0.1) is 33.5 Å². The molecular formula is C29H30ClF4N7. The van der Waals surface area contributed by atoms with Crippen LogP contribution in [0.2, 0.25) is 5.02 Å². The van der Waals surface area contributed by atoms with E-state index in [-0.39, 0.29) is 18.3 Å². The molecule has 12 heteroatoms. The number of alkyl halides is 3. The van der Waals surface area contributed by atoms with Crippen LogP contribution < -0.4 is 21.6 Å². The number of hydrogen-bond donors (Lipinski definition) is 4. The van der Waals surface area contributed by atoms with Gasteiger partial charge in [-0.15, -0.1) is 5.53 Å². The second-order valence-corrected chi connectivity index (χ2v) is 12.1. The quantitative estimate of drug-likeness (QED) is 0.220. The van der Waals surface area contributed by atoms with Gasteiger partial charge < -0.3 is 16.1 Å². The van der Waals surface area contributed by atoms with Crippen LogP contribution in [0, 0.1) is 29.5 Å². The van der Waals surface area contributed by atoms with Crippen LogP contribution in [-0.2, 0) is 0 Å². The fraction of sp³-hybridized carbons (Fsp3) is 0.379. The molecule has 0 saturated heterocycles. The minimum absolute atomic E-state index is 0.0368. The predicted octanol–water partition coefficient (Wildman–Crippen LogP) is 7.08. The molecule has 41 heavy (non-hydrogen) atoms. The Kier molecular flexibility index (Phi) is 7.20. The van der Waals surface area contributed by atoms with Crippen LogP contribution >= 0.6 is 11.6 Å². The van der Waals surface area contributed by atoms with E-state index in [2.05, 4.69) is 53.4 Å². The maximum atomic E-state index is 14.7. The van der Waals surface area contributed by atoms with E-state index in [0.29, 0.717) is 56.2 Å². The lowest BCUT2D eigenvalue weighted by molar-refractivity contribution is -0.195. The highest BCUT2D eigenvalue weighted by Crippen LogP contribution is 2.54. The molecule has 5 rings (SSSR count). The second-order valence-electron chi connectivity index (χ2n) is 11.7. The third-order valence-corrected chi connectivity index (χ3v) is 7.67. The van der Waals surface area contributed by atoms with Gasteiger partial charge in [0.15, 0.2) is 5.54 Å². The van der Waals surface area contributed by atoms with Crippen LogP contribution in [0.5, 0.6) is 0 Å².